The van der Waals surface area contributed by atoms with Gasteiger partial charge < -0.3 is 72.5 Å². The summed E-state index contributed by atoms with van der Waals surface area (Å²) in [6, 6.07) is 35.5. The van der Waals surface area contributed by atoms with Gasteiger partial charge in [0.25, 0.3) is 0 Å². The summed E-state index contributed by atoms with van der Waals surface area (Å²) in [7, 11) is -3.67. The van der Waals surface area contributed by atoms with E-state index in [0.29, 0.717) is 129 Å². The zero-order chi connectivity index (χ0) is 96.7. The quantitative estimate of drug-likeness (QED) is 0.0189. The van der Waals surface area contributed by atoms with Crippen molar-refractivity contribution < 1.29 is 47.0 Å². The van der Waals surface area contributed by atoms with E-state index < -0.39 is 26.9 Å². The van der Waals surface area contributed by atoms with Crippen LogP contribution in [0.2, 0.25) is 51.4 Å². The second-order valence-corrected chi connectivity index (χ2v) is 52.7. The van der Waals surface area contributed by atoms with Crippen LogP contribution in [-0.4, -0.2) is 293 Å². The Balaban J connectivity index is 0.000000146. The Morgan fingerprint density at radius 2 is 0.827 bits per heavy atom. The van der Waals surface area contributed by atoms with Crippen molar-refractivity contribution in [1.29, 1.82) is 0 Å². The lowest BCUT2D eigenvalue weighted by atomic mass is 10.0. The number of fused-ring (bicyclic) bond motifs is 6. The molecule has 5 saturated heterocycles. The molecule has 1 N–H and O–H groups in total. The molecule has 8 aliphatic rings. The number of aromatic nitrogens is 12. The summed E-state index contributed by atoms with van der Waals surface area (Å²) in [5.41, 5.74) is 18.6. The fourth-order valence-corrected chi connectivity index (χ4v) is 21.9. The molecule has 8 aliphatic heterocycles. The highest BCUT2D eigenvalue weighted by molar-refractivity contribution is 7.84. The third-order valence-corrected chi connectivity index (χ3v) is 31.9. The summed E-state index contributed by atoms with van der Waals surface area (Å²) >= 11 is 0. The lowest BCUT2D eigenvalue weighted by Crippen LogP contribution is -2.49. The van der Waals surface area contributed by atoms with Crippen molar-refractivity contribution in [3.63, 3.8) is 0 Å². The number of nitrogens with zero attached hydrogens (tertiary/aromatic N) is 22. The number of piperidine rings is 2. The van der Waals surface area contributed by atoms with Crippen LogP contribution in [0.3, 0.4) is 0 Å². The van der Waals surface area contributed by atoms with Crippen LogP contribution >= 0.6 is 0 Å². The smallest absolute Gasteiger partial charge is 0.410 e. The Morgan fingerprint density at radius 3 is 1.24 bits per heavy atom. The summed E-state index contributed by atoms with van der Waals surface area (Å²) in [5, 5.41) is 20.5. The number of rotatable bonds is 30. The maximum absolute atomic E-state index is 13.0. The van der Waals surface area contributed by atoms with Crippen molar-refractivity contribution in [2.45, 2.75) is 181 Å². The molecule has 0 aliphatic carbocycles. The molecule has 139 heavy (non-hydrogen) atoms. The van der Waals surface area contributed by atoms with Gasteiger partial charge in [-0.05, 0) is 156 Å². The number of H-pyrrole nitrogens is 1. The van der Waals surface area contributed by atoms with E-state index >= 15 is 0 Å². The fourth-order valence-electron chi connectivity index (χ4n) is 19.9. The van der Waals surface area contributed by atoms with E-state index in [1.165, 1.54) is 83.8 Å². The van der Waals surface area contributed by atoms with E-state index in [1.807, 2.05) is 93.5 Å². The molecule has 1 atom stereocenters. The van der Waals surface area contributed by atoms with Gasteiger partial charge in [0.05, 0.1) is 99.7 Å². The number of nitrogens with one attached hydrogen (secondary N) is 1. The highest BCUT2D eigenvalue weighted by atomic mass is 32.2. The van der Waals surface area contributed by atoms with Crippen molar-refractivity contribution in [3.8, 4) is 12.0 Å². The summed E-state index contributed by atoms with van der Waals surface area (Å²) in [6.07, 6.45) is 18.3. The molecule has 5 fully saturated rings. The van der Waals surface area contributed by atoms with E-state index in [0.717, 1.165) is 206 Å². The van der Waals surface area contributed by atoms with Crippen LogP contribution in [0.15, 0.2) is 133 Å². The van der Waals surface area contributed by atoms with Crippen molar-refractivity contribution in [3.05, 3.63) is 190 Å². The number of amides is 3. The van der Waals surface area contributed by atoms with Gasteiger partial charge in [0, 0.05) is 180 Å². The summed E-state index contributed by atoms with van der Waals surface area (Å²) in [4.78, 5) is 91.9. The Hall–Kier alpha value is -11.7. The first-order valence-corrected chi connectivity index (χ1v) is 58.9. The Bertz CT molecular complexity index is 6080. The van der Waals surface area contributed by atoms with Gasteiger partial charge in [0.15, 0.2) is 0 Å². The number of hydrogen-bond acceptors (Lipinski definition) is 27. The van der Waals surface area contributed by atoms with Crippen LogP contribution in [0.1, 0.15) is 100 Å². The first-order chi connectivity index (χ1) is 67.4. The topological polar surface area (TPSA) is 301 Å². The van der Waals surface area contributed by atoms with Gasteiger partial charge in [-0.1, -0.05) is 138 Å². The molecule has 14 heterocycles. The van der Waals surface area contributed by atoms with E-state index in [2.05, 4.69) is 152 Å². The summed E-state index contributed by atoms with van der Waals surface area (Å²) in [6.45, 7) is 46.6. The number of aromatic amines is 1. The number of benzene rings is 5. The number of ether oxygens (including phenoxy) is 6. The first-order valence-electron chi connectivity index (χ1n) is 49.9. The second kappa shape index (κ2) is 45.7. The minimum Gasteiger partial charge on any atom is -0.462 e. The van der Waals surface area contributed by atoms with Crippen LogP contribution in [-0.2, 0) is 100 Å². The Kier molecular flexibility index (Phi) is 32.5. The number of carbonyl (C=O) groups is 3. The van der Waals surface area contributed by atoms with E-state index in [1.54, 1.807) is 16.1 Å². The van der Waals surface area contributed by atoms with Crippen molar-refractivity contribution in [1.82, 2.24) is 84.2 Å². The van der Waals surface area contributed by atoms with Crippen molar-refractivity contribution >= 4 is 112 Å². The molecule has 6 aromatic heterocycles. The third kappa shape index (κ3) is 24.8. The molecule has 0 bridgehead atoms. The zero-order valence-corrected chi connectivity index (χ0v) is 85.8. The highest BCUT2D eigenvalue weighted by Gasteiger charge is 2.36. The van der Waals surface area contributed by atoms with Crippen LogP contribution in [0.5, 0.6) is 12.0 Å². The normalized spacial score (nSPS) is 17.0. The molecule has 0 spiro atoms. The molecular weight excluding hydrogens is 1810 g/mol. The largest absolute Gasteiger partial charge is 0.462 e. The molecule has 11 aromatic rings. The number of carbonyl (C=O) groups excluding carboxylic acids is 3. The average molecular weight is 1950 g/mol. The molecule has 3 amide bonds. The molecule has 0 saturated carbocycles. The minimum atomic E-state index is -1.34. The maximum atomic E-state index is 13.0. The zero-order valence-electron chi connectivity index (χ0n) is 83.0. The van der Waals surface area contributed by atoms with Gasteiger partial charge in [-0.15, -0.1) is 0 Å². The van der Waals surface area contributed by atoms with Gasteiger partial charge in [0.2, 0.25) is 11.1 Å². The predicted molar refractivity (Wildman–Crippen MR) is 552 cm³/mol. The van der Waals surface area contributed by atoms with E-state index in [4.69, 9.17) is 68.5 Å². The van der Waals surface area contributed by atoms with Crippen LogP contribution in [0, 0.1) is 20.8 Å². The average Bonchev–Trinajstić information content (AvgIpc) is 1.75. The van der Waals surface area contributed by atoms with E-state index in [-0.39, 0.29) is 31.3 Å². The summed E-state index contributed by atoms with van der Waals surface area (Å²) in [5.74, 6) is 2.70. The van der Waals surface area contributed by atoms with Gasteiger partial charge in [-0.3, -0.25) is 23.9 Å². The van der Waals surface area contributed by atoms with Crippen LogP contribution in [0.4, 0.5) is 44.1 Å². The molecule has 5 aromatic carbocycles. The minimum absolute atomic E-state index is 0.0134. The monoisotopic (exact) mass is 1950 g/mol. The number of anilines is 6. The Labute approximate surface area is 821 Å². The highest BCUT2D eigenvalue weighted by Crippen LogP contribution is 2.41. The molecule has 33 nitrogen and oxygen atoms in total. The number of aryl methyl sites for hydroxylation is 3. The molecule has 36 heteroatoms. The fraction of sp³-hybridized carbons (Fsp3) is 0.515. The summed E-state index contributed by atoms with van der Waals surface area (Å²) < 4.78 is 52.5. The lowest BCUT2D eigenvalue weighted by molar-refractivity contribution is -0.126. The molecule has 1 unspecified atom stereocenters. The van der Waals surface area contributed by atoms with Gasteiger partial charge in [-0.25, -0.2) is 28.9 Å². The number of hydrogen-bond donors (Lipinski definition) is 1. The Morgan fingerprint density at radius 1 is 0.432 bits per heavy atom. The first kappa shape index (κ1) is 98.9. The number of likely N-dealkylation sites (tertiary alicyclic amines) is 2. The van der Waals surface area contributed by atoms with Gasteiger partial charge in [0.1, 0.15) is 57.3 Å². The SMILES string of the molecule is C=CC(=O)N1CCN(c2nc(OCCN3CCCCC3)nc3c2CCN(c2c(C)ccc4[nH]ncc24)C3)CC1.Cc1ccc2c(cnn2COCC[Si](C)(C)C)c1N1CCc2c(nc(OCCN3CCCCC3)nc2N2CCN(C(=O)OCc3ccccc3)CC2)C1.Cc1ccc2c(cnn2COCC[Si](C)(C)C)c1N1CCc2c(nc(S(C)=O)nc2N2CCN(C(=O)OCc3ccccc3)CC2)C1. The standard InChI is InChI=1S/C40H56N8O4Si.C34H45N7O4SSi.C29H38N8O2/c1-31-13-14-36-34(27-41-48(36)30-50-25-26-53(2,3)4)37(31)47-18-15-33-35(28-47)42-39(51-24-23-44-16-9-6-10-17-44)43-38(33)45-19-21-46(22-20-45)40(49)52-29-32-11-7-5-8-12-32;1-25-11-12-30-28(21-35-41(30)24-44-19-20-47(3,4)5)31(25)40-14-13-27-29(22-40)36-33(46(2)43)37-32(27)38-15-17-39(18-16-38)34(42)45-23-26-9-7-6-8-10-26;1-3-26(38)35-13-15-36(16-14-35)28-22-9-12-37(27-21(2)7-8-24-23(27)19-30-33-24)20-25(22)31-29(32-28)39-18-17-34-10-5-4-6-11-34/h5,7-8,11-14,27H,6,9-10,15-26,28-30H2,1-4H3;6-12,21H,13-20,22-24H2,1-5H3;3,7-8,19H,1,4-6,9-18,20H2,2H3,(H,30,33). The van der Waals surface area contributed by atoms with Crippen molar-refractivity contribution in [2.24, 2.45) is 0 Å². The molecule has 740 valence electrons. The van der Waals surface area contributed by atoms with Gasteiger partial charge >= 0.3 is 24.2 Å². The predicted octanol–water partition coefficient (Wildman–Crippen LogP) is 14.5. The maximum Gasteiger partial charge on any atom is 0.410 e. The molecular formula is C103H139N23O10SSi2. The van der Waals surface area contributed by atoms with Gasteiger partial charge in [-0.2, -0.15) is 35.2 Å². The number of piperazine rings is 3. The van der Waals surface area contributed by atoms with Crippen LogP contribution in [0.25, 0.3) is 32.7 Å². The van der Waals surface area contributed by atoms with Crippen LogP contribution < -0.4 is 38.9 Å². The lowest BCUT2D eigenvalue weighted by Gasteiger charge is -2.38. The second-order valence-electron chi connectivity index (χ2n) is 40.2. The van der Waals surface area contributed by atoms with E-state index in [9.17, 15) is 18.6 Å². The molecule has 0 radical (unpaired) electrons. The third-order valence-electron chi connectivity index (χ3n) is 27.8. The molecule has 19 rings (SSSR count). The van der Waals surface area contributed by atoms with Crippen molar-refractivity contribution in [2.75, 3.05) is 200 Å².